The summed E-state index contributed by atoms with van der Waals surface area (Å²) in [5.74, 6) is 0.178. The van der Waals surface area contributed by atoms with Gasteiger partial charge in [0.15, 0.2) is 5.03 Å². The molecule has 0 aromatic carbocycles. The first-order valence-corrected chi connectivity index (χ1v) is 5.15. The molecule has 0 aromatic rings. The molecule has 0 spiro atoms. The van der Waals surface area contributed by atoms with Crippen LogP contribution < -0.4 is 5.32 Å². The Morgan fingerprint density at radius 2 is 2.19 bits per heavy atom. The smallest absolute Gasteiger partial charge is 0.275 e. The van der Waals surface area contributed by atoms with Crippen LogP contribution in [0.4, 0.5) is 0 Å². The second kappa shape index (κ2) is 6.23. The highest BCUT2D eigenvalue weighted by Crippen LogP contribution is 2.08. The maximum Gasteiger partial charge on any atom is 0.275 e. The maximum absolute atomic E-state index is 10.3. The molecule has 8 heteroatoms. The second-order valence-electron chi connectivity index (χ2n) is 3.00. The van der Waals surface area contributed by atoms with E-state index in [4.69, 9.17) is 9.47 Å². The SMILES string of the molecule is CCOC(OCC)N1CCN/C1=N\[N+](=O)[O-]. The van der Waals surface area contributed by atoms with Gasteiger partial charge in [0.25, 0.3) is 5.96 Å². The molecule has 1 saturated heterocycles. The topological polar surface area (TPSA) is 89.2 Å². The fourth-order valence-electron chi connectivity index (χ4n) is 1.38. The molecular weight excluding hydrogens is 216 g/mol. The Balaban J connectivity index is 2.70. The summed E-state index contributed by atoms with van der Waals surface area (Å²) < 4.78 is 10.7. The fourth-order valence-corrected chi connectivity index (χ4v) is 1.38. The normalized spacial score (nSPS) is 18.2. The number of hydrogen-bond acceptors (Lipinski definition) is 4. The van der Waals surface area contributed by atoms with Gasteiger partial charge in [-0.05, 0) is 13.8 Å². The Labute approximate surface area is 93.3 Å². The summed E-state index contributed by atoms with van der Waals surface area (Å²) in [5.41, 5.74) is 0. The highest BCUT2D eigenvalue weighted by Gasteiger charge is 2.29. The molecule has 0 aliphatic carbocycles. The average molecular weight is 232 g/mol. The van der Waals surface area contributed by atoms with Crippen molar-refractivity contribution in [2.24, 2.45) is 5.10 Å². The summed E-state index contributed by atoms with van der Waals surface area (Å²) in [6.45, 7) is 5.75. The lowest BCUT2D eigenvalue weighted by atomic mass is 10.6. The first kappa shape index (κ1) is 12.7. The Bertz CT molecular complexity index is 265. The van der Waals surface area contributed by atoms with Crippen LogP contribution in [0.3, 0.4) is 0 Å². The molecule has 0 atom stereocenters. The number of ether oxygens (including phenoxy) is 2. The number of hydrazone groups is 1. The quantitative estimate of drug-likeness (QED) is 0.387. The van der Waals surface area contributed by atoms with Gasteiger partial charge in [0.2, 0.25) is 6.41 Å². The molecule has 1 N–H and O–H groups in total. The van der Waals surface area contributed by atoms with Crippen molar-refractivity contribution >= 4 is 5.96 Å². The van der Waals surface area contributed by atoms with Crippen molar-refractivity contribution in [3.63, 3.8) is 0 Å². The van der Waals surface area contributed by atoms with E-state index in [9.17, 15) is 10.1 Å². The van der Waals surface area contributed by atoms with Crippen molar-refractivity contribution in [1.82, 2.24) is 10.2 Å². The zero-order valence-corrected chi connectivity index (χ0v) is 9.38. The van der Waals surface area contributed by atoms with Gasteiger partial charge in [-0.25, -0.2) is 10.1 Å². The molecule has 0 saturated carbocycles. The lowest BCUT2D eigenvalue weighted by Crippen LogP contribution is -2.43. The van der Waals surface area contributed by atoms with E-state index in [0.29, 0.717) is 26.3 Å². The first-order chi connectivity index (χ1) is 7.69. The van der Waals surface area contributed by atoms with Crippen molar-refractivity contribution in [3.8, 4) is 0 Å². The third-order valence-electron chi connectivity index (χ3n) is 1.96. The molecule has 16 heavy (non-hydrogen) atoms. The van der Waals surface area contributed by atoms with Gasteiger partial charge in [0.1, 0.15) is 5.10 Å². The number of rotatable bonds is 6. The predicted octanol–water partition coefficient (Wildman–Crippen LogP) is -0.204. The van der Waals surface area contributed by atoms with Gasteiger partial charge in [0.05, 0.1) is 0 Å². The van der Waals surface area contributed by atoms with E-state index < -0.39 is 11.4 Å². The summed E-state index contributed by atoms with van der Waals surface area (Å²) >= 11 is 0. The monoisotopic (exact) mass is 232 g/mol. The molecule has 1 heterocycles. The van der Waals surface area contributed by atoms with Gasteiger partial charge in [0, 0.05) is 26.3 Å². The van der Waals surface area contributed by atoms with E-state index in [1.807, 2.05) is 13.8 Å². The maximum atomic E-state index is 10.3. The zero-order valence-electron chi connectivity index (χ0n) is 9.38. The molecule has 1 fully saturated rings. The molecule has 92 valence electrons. The van der Waals surface area contributed by atoms with Gasteiger partial charge < -0.3 is 14.8 Å². The zero-order chi connectivity index (χ0) is 12.0. The van der Waals surface area contributed by atoms with E-state index in [0.717, 1.165) is 0 Å². The molecule has 1 aliphatic rings. The lowest BCUT2D eigenvalue weighted by Gasteiger charge is -2.26. The minimum atomic E-state index is -0.740. The lowest BCUT2D eigenvalue weighted by molar-refractivity contribution is -0.486. The molecule has 0 bridgehead atoms. The van der Waals surface area contributed by atoms with Crippen LogP contribution in [-0.4, -0.2) is 48.6 Å². The van der Waals surface area contributed by atoms with Crippen molar-refractivity contribution in [3.05, 3.63) is 10.1 Å². The van der Waals surface area contributed by atoms with Crippen molar-refractivity contribution < 1.29 is 14.5 Å². The Morgan fingerprint density at radius 3 is 2.69 bits per heavy atom. The van der Waals surface area contributed by atoms with Crippen LogP contribution >= 0.6 is 0 Å². The molecule has 0 aromatic heterocycles. The third-order valence-corrected chi connectivity index (χ3v) is 1.96. The van der Waals surface area contributed by atoms with Crippen LogP contribution in [0.2, 0.25) is 0 Å². The molecule has 1 rings (SSSR count). The van der Waals surface area contributed by atoms with Gasteiger partial charge in [-0.3, -0.25) is 4.90 Å². The second-order valence-corrected chi connectivity index (χ2v) is 3.00. The summed E-state index contributed by atoms with van der Waals surface area (Å²) in [6, 6.07) is 0. The van der Waals surface area contributed by atoms with Gasteiger partial charge >= 0.3 is 0 Å². The Morgan fingerprint density at radius 1 is 1.56 bits per heavy atom. The molecule has 0 amide bonds. The summed E-state index contributed by atoms with van der Waals surface area (Å²) in [6.07, 6.45) is -0.622. The predicted molar refractivity (Wildman–Crippen MR) is 56.2 cm³/mol. The van der Waals surface area contributed by atoms with E-state index in [1.165, 1.54) is 0 Å². The van der Waals surface area contributed by atoms with E-state index in [-0.39, 0.29) is 5.96 Å². The van der Waals surface area contributed by atoms with Crippen molar-refractivity contribution in [2.75, 3.05) is 26.3 Å². The average Bonchev–Trinajstić information content (AvgIpc) is 2.64. The number of nitrogens with one attached hydrogen (secondary N) is 1. The number of guanidine groups is 1. The molecule has 0 radical (unpaired) electrons. The van der Waals surface area contributed by atoms with Crippen LogP contribution in [0.5, 0.6) is 0 Å². The minimum absolute atomic E-state index is 0.178. The van der Waals surface area contributed by atoms with Crippen LogP contribution in [0, 0.1) is 10.1 Å². The van der Waals surface area contributed by atoms with Crippen LogP contribution in [0.1, 0.15) is 13.8 Å². The highest BCUT2D eigenvalue weighted by atomic mass is 16.7. The van der Waals surface area contributed by atoms with Crippen molar-refractivity contribution in [2.45, 2.75) is 20.3 Å². The largest absolute Gasteiger partial charge is 0.349 e. The molecule has 8 nitrogen and oxygen atoms in total. The van der Waals surface area contributed by atoms with E-state index in [1.54, 1.807) is 4.90 Å². The number of hydrogen-bond donors (Lipinski definition) is 1. The van der Waals surface area contributed by atoms with Crippen molar-refractivity contribution in [1.29, 1.82) is 0 Å². The third kappa shape index (κ3) is 3.31. The molecular formula is C8H16N4O4. The summed E-state index contributed by atoms with van der Waals surface area (Å²) in [5, 5.41) is 15.6. The summed E-state index contributed by atoms with van der Waals surface area (Å²) in [4.78, 5) is 11.9. The number of nitrogens with zero attached hydrogens (tertiary/aromatic N) is 3. The van der Waals surface area contributed by atoms with Gasteiger partial charge in [-0.2, -0.15) is 0 Å². The minimum Gasteiger partial charge on any atom is -0.349 e. The van der Waals surface area contributed by atoms with E-state index in [2.05, 4.69) is 10.4 Å². The van der Waals surface area contributed by atoms with Crippen LogP contribution in [0.15, 0.2) is 5.10 Å². The fraction of sp³-hybridized carbons (Fsp3) is 0.875. The Hall–Kier alpha value is -1.41. The first-order valence-electron chi connectivity index (χ1n) is 5.15. The molecule has 0 unspecified atom stereocenters. The van der Waals surface area contributed by atoms with Gasteiger partial charge in [-0.1, -0.05) is 0 Å². The molecule has 1 aliphatic heterocycles. The Kier molecular flexibility index (Phi) is 4.93. The summed E-state index contributed by atoms with van der Waals surface area (Å²) in [7, 11) is 0. The van der Waals surface area contributed by atoms with Gasteiger partial charge in [-0.15, -0.1) is 0 Å². The van der Waals surface area contributed by atoms with Crippen LogP contribution in [-0.2, 0) is 9.47 Å². The van der Waals surface area contributed by atoms with E-state index >= 15 is 0 Å². The standard InChI is InChI=1S/C8H16N4O4/c1-3-15-8(16-4-2)11-6-5-9-7(11)10-12(13)14/h8H,3-6H2,1-2H3,(H,9,10). The highest BCUT2D eigenvalue weighted by molar-refractivity contribution is 5.81. The van der Waals surface area contributed by atoms with Crippen LogP contribution in [0.25, 0.3) is 0 Å². The number of nitro groups is 1.